The van der Waals surface area contributed by atoms with Gasteiger partial charge in [-0.25, -0.2) is 0 Å². The van der Waals surface area contributed by atoms with E-state index < -0.39 is 0 Å². The standard InChI is InChI=1S/C18H19BrO/c1-12(2)15-6-4-5-14(9-15)10-18(20)16-7-13(3)8-17(19)11-16/h4-9,11-12H,10H2,1-3H3. The summed E-state index contributed by atoms with van der Waals surface area (Å²) in [7, 11) is 0. The SMILES string of the molecule is Cc1cc(Br)cc(C(=O)Cc2cccc(C(C)C)c2)c1. The van der Waals surface area contributed by atoms with Crippen LogP contribution >= 0.6 is 15.9 Å². The Morgan fingerprint density at radius 3 is 2.55 bits per heavy atom. The lowest BCUT2D eigenvalue weighted by Gasteiger charge is -2.08. The monoisotopic (exact) mass is 330 g/mol. The van der Waals surface area contributed by atoms with Crippen LogP contribution in [0.2, 0.25) is 0 Å². The first-order valence-electron chi connectivity index (χ1n) is 6.85. The lowest BCUT2D eigenvalue weighted by Crippen LogP contribution is -2.04. The first-order chi connectivity index (χ1) is 9.45. The smallest absolute Gasteiger partial charge is 0.167 e. The highest BCUT2D eigenvalue weighted by Crippen LogP contribution is 2.19. The molecule has 0 aliphatic carbocycles. The van der Waals surface area contributed by atoms with Gasteiger partial charge in [0, 0.05) is 16.5 Å². The summed E-state index contributed by atoms with van der Waals surface area (Å²) < 4.78 is 0.955. The quantitative estimate of drug-likeness (QED) is 0.694. The molecule has 0 N–H and O–H groups in total. The summed E-state index contributed by atoms with van der Waals surface area (Å²) in [5, 5.41) is 0. The van der Waals surface area contributed by atoms with Gasteiger partial charge in [-0.2, -0.15) is 0 Å². The molecule has 1 nitrogen and oxygen atoms in total. The molecule has 0 amide bonds. The van der Waals surface area contributed by atoms with E-state index in [0.717, 1.165) is 21.2 Å². The van der Waals surface area contributed by atoms with Gasteiger partial charge in [-0.1, -0.05) is 54.0 Å². The Balaban J connectivity index is 2.21. The summed E-state index contributed by atoms with van der Waals surface area (Å²) in [4.78, 5) is 12.4. The predicted molar refractivity (Wildman–Crippen MR) is 87.4 cm³/mol. The Labute approximate surface area is 129 Å². The third-order valence-corrected chi connectivity index (χ3v) is 3.80. The molecule has 0 atom stereocenters. The van der Waals surface area contributed by atoms with Gasteiger partial charge in [-0.3, -0.25) is 4.79 Å². The number of halogens is 1. The van der Waals surface area contributed by atoms with Gasteiger partial charge < -0.3 is 0 Å². The Hall–Kier alpha value is -1.41. The van der Waals surface area contributed by atoms with Crippen molar-refractivity contribution in [2.45, 2.75) is 33.1 Å². The minimum atomic E-state index is 0.162. The van der Waals surface area contributed by atoms with Gasteiger partial charge in [0.05, 0.1) is 0 Å². The molecule has 0 radical (unpaired) electrons. The molecular weight excluding hydrogens is 312 g/mol. The van der Waals surface area contributed by atoms with Crippen molar-refractivity contribution in [2.75, 3.05) is 0 Å². The third kappa shape index (κ3) is 3.80. The lowest BCUT2D eigenvalue weighted by atomic mass is 9.97. The van der Waals surface area contributed by atoms with Crippen molar-refractivity contribution < 1.29 is 4.79 Å². The van der Waals surface area contributed by atoms with Crippen molar-refractivity contribution in [3.05, 3.63) is 69.2 Å². The zero-order valence-electron chi connectivity index (χ0n) is 12.1. The van der Waals surface area contributed by atoms with Crippen LogP contribution in [0.15, 0.2) is 46.9 Å². The summed E-state index contributed by atoms with van der Waals surface area (Å²) in [6, 6.07) is 14.1. The van der Waals surface area contributed by atoms with E-state index in [1.807, 2.05) is 37.3 Å². The van der Waals surface area contributed by atoms with E-state index in [2.05, 4.69) is 41.9 Å². The average Bonchev–Trinajstić information content (AvgIpc) is 2.37. The second kappa shape index (κ2) is 6.36. The zero-order chi connectivity index (χ0) is 14.7. The van der Waals surface area contributed by atoms with Crippen molar-refractivity contribution in [3.8, 4) is 0 Å². The molecule has 0 aromatic heterocycles. The van der Waals surface area contributed by atoms with E-state index in [4.69, 9.17) is 0 Å². The number of Topliss-reactive ketones (excluding diaryl/α,β-unsaturated/α-hetero) is 1. The van der Waals surface area contributed by atoms with Gasteiger partial charge in [0.25, 0.3) is 0 Å². The van der Waals surface area contributed by atoms with Gasteiger partial charge >= 0.3 is 0 Å². The fourth-order valence-electron chi connectivity index (χ4n) is 2.25. The number of rotatable bonds is 4. The second-order valence-electron chi connectivity index (χ2n) is 5.52. The highest BCUT2D eigenvalue weighted by Gasteiger charge is 2.09. The first-order valence-corrected chi connectivity index (χ1v) is 7.64. The summed E-state index contributed by atoms with van der Waals surface area (Å²) >= 11 is 3.45. The number of benzene rings is 2. The molecule has 2 heteroatoms. The average molecular weight is 331 g/mol. The highest BCUT2D eigenvalue weighted by atomic mass is 79.9. The highest BCUT2D eigenvalue weighted by molar-refractivity contribution is 9.10. The van der Waals surface area contributed by atoms with E-state index in [0.29, 0.717) is 12.3 Å². The van der Waals surface area contributed by atoms with Gasteiger partial charge in [0.15, 0.2) is 5.78 Å². The van der Waals surface area contributed by atoms with Gasteiger partial charge in [0.1, 0.15) is 0 Å². The largest absolute Gasteiger partial charge is 0.294 e. The Morgan fingerprint density at radius 2 is 1.90 bits per heavy atom. The fraction of sp³-hybridized carbons (Fsp3) is 0.278. The van der Waals surface area contributed by atoms with E-state index in [-0.39, 0.29) is 5.78 Å². The molecule has 104 valence electrons. The maximum atomic E-state index is 12.4. The van der Waals surface area contributed by atoms with Crippen LogP contribution in [0.25, 0.3) is 0 Å². The van der Waals surface area contributed by atoms with Crippen LogP contribution in [-0.2, 0) is 6.42 Å². The minimum absolute atomic E-state index is 0.162. The first kappa shape index (κ1) is 15.0. The van der Waals surface area contributed by atoms with Gasteiger partial charge in [0.2, 0.25) is 0 Å². The molecule has 0 spiro atoms. The van der Waals surface area contributed by atoms with Gasteiger partial charge in [-0.15, -0.1) is 0 Å². The maximum absolute atomic E-state index is 12.4. The third-order valence-electron chi connectivity index (χ3n) is 3.35. The fourth-order valence-corrected chi connectivity index (χ4v) is 2.85. The van der Waals surface area contributed by atoms with Crippen molar-refractivity contribution in [1.82, 2.24) is 0 Å². The van der Waals surface area contributed by atoms with Crippen LogP contribution in [-0.4, -0.2) is 5.78 Å². The predicted octanol–water partition coefficient (Wildman–Crippen LogP) is 5.31. The van der Waals surface area contributed by atoms with E-state index >= 15 is 0 Å². The van der Waals surface area contributed by atoms with Crippen molar-refractivity contribution in [2.24, 2.45) is 0 Å². The second-order valence-corrected chi connectivity index (χ2v) is 6.43. The molecule has 0 saturated carbocycles. The molecule has 20 heavy (non-hydrogen) atoms. The summed E-state index contributed by atoms with van der Waals surface area (Å²) in [5.41, 5.74) is 4.23. The van der Waals surface area contributed by atoms with Crippen LogP contribution in [0.4, 0.5) is 0 Å². The number of carbonyl (C=O) groups is 1. The Bertz CT molecular complexity index is 609. The van der Waals surface area contributed by atoms with E-state index in [9.17, 15) is 4.79 Å². The Morgan fingerprint density at radius 1 is 1.15 bits per heavy atom. The molecule has 0 unspecified atom stereocenters. The van der Waals surface area contributed by atoms with E-state index in [1.165, 1.54) is 5.56 Å². The number of hydrogen-bond donors (Lipinski definition) is 0. The van der Waals surface area contributed by atoms with Crippen LogP contribution in [0.1, 0.15) is 46.8 Å². The number of carbonyl (C=O) groups excluding carboxylic acids is 1. The lowest BCUT2D eigenvalue weighted by molar-refractivity contribution is 0.0993. The molecule has 0 aliphatic heterocycles. The molecule has 0 fully saturated rings. The Kier molecular flexibility index (Phi) is 4.77. The topological polar surface area (TPSA) is 17.1 Å². The molecule has 0 bridgehead atoms. The van der Waals surface area contributed by atoms with Crippen molar-refractivity contribution >= 4 is 21.7 Å². The molecule has 0 aliphatic rings. The molecule has 2 rings (SSSR count). The van der Waals surface area contributed by atoms with Crippen LogP contribution < -0.4 is 0 Å². The summed E-state index contributed by atoms with van der Waals surface area (Å²) in [5.74, 6) is 0.647. The van der Waals surface area contributed by atoms with E-state index in [1.54, 1.807) is 0 Å². The van der Waals surface area contributed by atoms with Crippen LogP contribution in [0.5, 0.6) is 0 Å². The number of ketones is 1. The normalized spacial score (nSPS) is 10.8. The molecule has 2 aromatic rings. The number of aryl methyl sites for hydroxylation is 1. The molecule has 0 saturated heterocycles. The van der Waals surface area contributed by atoms with Crippen molar-refractivity contribution in [3.63, 3.8) is 0 Å². The molecular formula is C18H19BrO. The van der Waals surface area contributed by atoms with Crippen molar-refractivity contribution in [1.29, 1.82) is 0 Å². The maximum Gasteiger partial charge on any atom is 0.167 e. The number of hydrogen-bond acceptors (Lipinski definition) is 1. The minimum Gasteiger partial charge on any atom is -0.294 e. The summed E-state index contributed by atoms with van der Waals surface area (Å²) in [6.45, 7) is 6.33. The van der Waals surface area contributed by atoms with Gasteiger partial charge in [-0.05, 0) is 47.7 Å². The molecule has 2 aromatic carbocycles. The molecule has 0 heterocycles. The van der Waals surface area contributed by atoms with Crippen LogP contribution in [0, 0.1) is 6.92 Å². The van der Waals surface area contributed by atoms with Crippen LogP contribution in [0.3, 0.4) is 0 Å². The summed E-state index contributed by atoms with van der Waals surface area (Å²) in [6.07, 6.45) is 0.455. The zero-order valence-corrected chi connectivity index (χ0v) is 13.7.